The van der Waals surface area contributed by atoms with Gasteiger partial charge in [0.2, 0.25) is 0 Å². The monoisotopic (exact) mass is 366 g/mol. The molecule has 1 amide bonds. The third kappa shape index (κ3) is 3.45. The van der Waals surface area contributed by atoms with Crippen LogP contribution in [0, 0.1) is 6.92 Å². The normalized spacial score (nSPS) is 14.6. The predicted molar refractivity (Wildman–Crippen MR) is 103 cm³/mol. The van der Waals surface area contributed by atoms with Crippen LogP contribution in [-0.4, -0.2) is 26.8 Å². The number of carbonyl (C=O) groups is 1. The molecule has 7 heteroatoms. The zero-order valence-electron chi connectivity index (χ0n) is 15.4. The smallest absolute Gasteiger partial charge is 0.274 e. The van der Waals surface area contributed by atoms with Gasteiger partial charge in [-0.05, 0) is 50.8 Å². The molecule has 1 saturated carbocycles. The van der Waals surface area contributed by atoms with E-state index in [1.165, 1.54) is 17.5 Å². The number of fused-ring (bicyclic) bond motifs is 1. The van der Waals surface area contributed by atoms with Gasteiger partial charge in [0.1, 0.15) is 5.75 Å². The molecule has 1 aromatic carbocycles. The van der Waals surface area contributed by atoms with E-state index in [9.17, 15) is 9.59 Å². The number of carbonyl (C=O) groups excluding carboxylic acids is 1. The Hall–Kier alpha value is -3.09. The van der Waals surface area contributed by atoms with Crippen molar-refractivity contribution in [2.75, 3.05) is 5.32 Å². The van der Waals surface area contributed by atoms with Crippen LogP contribution in [0.4, 0.5) is 5.69 Å². The average molecular weight is 366 g/mol. The second-order valence-electron chi connectivity index (χ2n) is 7.02. The standard InChI is InChI=1S/C20H22N4O3/c1-12-10-16(17-18(21-12)24(2)23-20(17)26)19(25)22-13-6-5-9-15(11-13)27-14-7-3-4-8-14/h5-6,9-11,14H,3-4,7-8H2,1-2H3,(H,22,25)(H,23,26). The van der Waals surface area contributed by atoms with Crippen molar-refractivity contribution >= 4 is 22.6 Å². The summed E-state index contributed by atoms with van der Waals surface area (Å²) in [5.74, 6) is 0.397. The lowest BCUT2D eigenvalue weighted by Gasteiger charge is -2.14. The summed E-state index contributed by atoms with van der Waals surface area (Å²) in [5, 5.41) is 5.81. The fourth-order valence-corrected chi connectivity index (χ4v) is 3.61. The quantitative estimate of drug-likeness (QED) is 0.742. The van der Waals surface area contributed by atoms with E-state index in [0.29, 0.717) is 28.0 Å². The van der Waals surface area contributed by atoms with E-state index < -0.39 is 0 Å². The van der Waals surface area contributed by atoms with Crippen LogP contribution in [0.3, 0.4) is 0 Å². The molecule has 0 unspecified atom stereocenters. The molecule has 1 aliphatic rings. The predicted octanol–water partition coefficient (Wildman–Crippen LogP) is 3.14. The van der Waals surface area contributed by atoms with Crippen molar-refractivity contribution in [3.8, 4) is 5.75 Å². The van der Waals surface area contributed by atoms with Crippen molar-refractivity contribution in [3.63, 3.8) is 0 Å². The fourth-order valence-electron chi connectivity index (χ4n) is 3.61. The molecule has 0 atom stereocenters. The summed E-state index contributed by atoms with van der Waals surface area (Å²) < 4.78 is 7.52. The molecule has 1 fully saturated rings. The summed E-state index contributed by atoms with van der Waals surface area (Å²) in [4.78, 5) is 29.4. The van der Waals surface area contributed by atoms with Gasteiger partial charge in [-0.25, -0.2) is 4.98 Å². The molecule has 27 heavy (non-hydrogen) atoms. The Bertz CT molecular complexity index is 1060. The van der Waals surface area contributed by atoms with Gasteiger partial charge in [-0.3, -0.25) is 19.4 Å². The van der Waals surface area contributed by atoms with Gasteiger partial charge >= 0.3 is 0 Å². The van der Waals surface area contributed by atoms with E-state index in [-0.39, 0.29) is 17.6 Å². The Morgan fingerprint density at radius 3 is 2.85 bits per heavy atom. The zero-order valence-corrected chi connectivity index (χ0v) is 15.4. The third-order valence-electron chi connectivity index (χ3n) is 4.88. The zero-order chi connectivity index (χ0) is 19.0. The molecule has 2 aromatic heterocycles. The van der Waals surface area contributed by atoms with Crippen molar-refractivity contribution in [2.24, 2.45) is 7.05 Å². The minimum atomic E-state index is -0.347. The van der Waals surface area contributed by atoms with Gasteiger partial charge in [0.15, 0.2) is 5.65 Å². The Morgan fingerprint density at radius 1 is 1.30 bits per heavy atom. The molecule has 140 valence electrons. The van der Waals surface area contributed by atoms with Crippen molar-refractivity contribution in [1.82, 2.24) is 14.8 Å². The molecular weight excluding hydrogens is 344 g/mol. The molecule has 0 saturated heterocycles. The summed E-state index contributed by atoms with van der Waals surface area (Å²) in [7, 11) is 1.70. The molecular formula is C20H22N4O3. The fraction of sp³-hybridized carbons (Fsp3) is 0.350. The number of ether oxygens (including phenoxy) is 1. The highest BCUT2D eigenvalue weighted by Crippen LogP contribution is 2.26. The highest BCUT2D eigenvalue weighted by atomic mass is 16.5. The maximum atomic E-state index is 12.9. The molecule has 0 radical (unpaired) electrons. The maximum absolute atomic E-state index is 12.9. The Morgan fingerprint density at radius 2 is 2.07 bits per heavy atom. The number of anilines is 1. The van der Waals surface area contributed by atoms with E-state index in [0.717, 1.165) is 18.6 Å². The lowest BCUT2D eigenvalue weighted by Crippen LogP contribution is -2.16. The first-order chi connectivity index (χ1) is 13.0. The number of pyridine rings is 1. The van der Waals surface area contributed by atoms with Crippen LogP contribution in [0.1, 0.15) is 41.7 Å². The highest BCUT2D eigenvalue weighted by molar-refractivity contribution is 6.12. The van der Waals surface area contributed by atoms with Crippen molar-refractivity contribution in [1.29, 1.82) is 0 Å². The lowest BCUT2D eigenvalue weighted by atomic mass is 10.1. The SMILES string of the molecule is Cc1cc(C(=O)Nc2cccc(OC3CCCC3)c2)c2c(=O)[nH]n(C)c2n1. The van der Waals surface area contributed by atoms with E-state index in [1.807, 2.05) is 18.2 Å². The molecule has 7 nitrogen and oxygen atoms in total. The Labute approximate surface area is 156 Å². The van der Waals surface area contributed by atoms with Gasteiger partial charge in [-0.15, -0.1) is 0 Å². The molecule has 4 rings (SSSR count). The first-order valence-corrected chi connectivity index (χ1v) is 9.15. The van der Waals surface area contributed by atoms with E-state index >= 15 is 0 Å². The van der Waals surface area contributed by atoms with E-state index in [1.54, 1.807) is 26.1 Å². The van der Waals surface area contributed by atoms with Gasteiger partial charge in [0.25, 0.3) is 11.5 Å². The number of benzene rings is 1. The topological polar surface area (TPSA) is 89.0 Å². The summed E-state index contributed by atoms with van der Waals surface area (Å²) in [6.07, 6.45) is 4.79. The lowest BCUT2D eigenvalue weighted by molar-refractivity contribution is 0.102. The highest BCUT2D eigenvalue weighted by Gasteiger charge is 2.19. The largest absolute Gasteiger partial charge is 0.490 e. The molecule has 2 heterocycles. The van der Waals surface area contributed by atoms with Gasteiger partial charge in [-0.2, -0.15) is 0 Å². The number of aryl methyl sites for hydroxylation is 2. The van der Waals surface area contributed by atoms with Crippen molar-refractivity contribution in [3.05, 3.63) is 51.9 Å². The van der Waals surface area contributed by atoms with Gasteiger partial charge < -0.3 is 10.1 Å². The maximum Gasteiger partial charge on any atom is 0.274 e. The molecule has 3 aromatic rings. The summed E-state index contributed by atoms with van der Waals surface area (Å²) >= 11 is 0. The van der Waals surface area contributed by atoms with Crippen LogP contribution < -0.4 is 15.6 Å². The number of nitrogens with one attached hydrogen (secondary N) is 2. The van der Waals surface area contributed by atoms with Crippen LogP contribution in [-0.2, 0) is 7.05 Å². The number of rotatable bonds is 4. The minimum absolute atomic E-state index is 0.251. The Balaban J connectivity index is 1.61. The minimum Gasteiger partial charge on any atom is -0.490 e. The number of nitrogens with zero attached hydrogens (tertiary/aromatic N) is 2. The molecule has 0 spiro atoms. The number of hydrogen-bond donors (Lipinski definition) is 2. The summed E-state index contributed by atoms with van der Waals surface area (Å²) in [6, 6.07) is 9.00. The average Bonchev–Trinajstić information content (AvgIpc) is 3.23. The Kier molecular flexibility index (Phi) is 4.43. The van der Waals surface area contributed by atoms with Gasteiger partial charge in [-0.1, -0.05) is 6.07 Å². The molecule has 1 aliphatic carbocycles. The van der Waals surface area contributed by atoms with Crippen LogP contribution in [0.15, 0.2) is 35.1 Å². The number of amides is 1. The van der Waals surface area contributed by atoms with E-state index in [2.05, 4.69) is 15.4 Å². The van der Waals surface area contributed by atoms with Crippen molar-refractivity contribution < 1.29 is 9.53 Å². The van der Waals surface area contributed by atoms with Gasteiger partial charge in [0.05, 0.1) is 17.1 Å². The van der Waals surface area contributed by atoms with E-state index in [4.69, 9.17) is 4.74 Å². The number of hydrogen-bond acceptors (Lipinski definition) is 4. The third-order valence-corrected chi connectivity index (χ3v) is 4.88. The van der Waals surface area contributed by atoms with Crippen LogP contribution in [0.2, 0.25) is 0 Å². The number of aromatic nitrogens is 3. The second-order valence-corrected chi connectivity index (χ2v) is 7.02. The molecule has 2 N–H and O–H groups in total. The van der Waals surface area contributed by atoms with Crippen LogP contribution >= 0.6 is 0 Å². The van der Waals surface area contributed by atoms with Crippen molar-refractivity contribution in [2.45, 2.75) is 38.7 Å². The number of aromatic amines is 1. The summed E-state index contributed by atoms with van der Waals surface area (Å²) in [6.45, 7) is 1.80. The van der Waals surface area contributed by atoms with Gasteiger partial charge in [0, 0.05) is 24.5 Å². The first-order valence-electron chi connectivity index (χ1n) is 9.15. The summed E-state index contributed by atoms with van der Waals surface area (Å²) in [5.41, 5.74) is 1.74. The van der Waals surface area contributed by atoms with Crippen LogP contribution in [0.5, 0.6) is 5.75 Å². The molecule has 0 aliphatic heterocycles. The number of H-pyrrole nitrogens is 1. The first kappa shape index (κ1) is 17.3. The molecule has 0 bridgehead atoms. The van der Waals surface area contributed by atoms with Crippen LogP contribution in [0.25, 0.3) is 11.0 Å². The second kappa shape index (κ2) is 6.90.